The van der Waals surface area contributed by atoms with Crippen LogP contribution in [0.15, 0.2) is 33.5 Å². The van der Waals surface area contributed by atoms with E-state index < -0.39 is 22.8 Å². The second-order valence-corrected chi connectivity index (χ2v) is 9.58. The standard InChI is InChI=1S/C20H24N2O5S2/c23-16(8-4-1-5-13-9-12-28-29-13)21-10-11-22-19(25)17-18(24)14-6-2-3-7-15(14)27-20(17)26/h2-3,6-7,13,24H,1,4-5,8-12H2,(H,21,23)(H,22,25). The second kappa shape index (κ2) is 10.6. The molecule has 2 aromatic rings. The molecule has 3 rings (SSSR count). The van der Waals surface area contributed by atoms with E-state index >= 15 is 0 Å². The minimum absolute atomic E-state index is 0.0548. The fourth-order valence-corrected chi connectivity index (χ4v) is 6.14. The van der Waals surface area contributed by atoms with Crippen LogP contribution in [0.4, 0.5) is 0 Å². The van der Waals surface area contributed by atoms with Crippen molar-refractivity contribution in [1.29, 1.82) is 0 Å². The van der Waals surface area contributed by atoms with E-state index in [2.05, 4.69) is 10.6 Å². The first-order valence-electron chi connectivity index (χ1n) is 9.64. The van der Waals surface area contributed by atoms with E-state index in [4.69, 9.17) is 4.42 Å². The van der Waals surface area contributed by atoms with Gasteiger partial charge in [0.15, 0.2) is 5.56 Å². The van der Waals surface area contributed by atoms with Crippen LogP contribution >= 0.6 is 21.6 Å². The summed E-state index contributed by atoms with van der Waals surface area (Å²) in [6.45, 7) is 0.394. The van der Waals surface area contributed by atoms with Gasteiger partial charge in [-0.25, -0.2) is 4.79 Å². The Kier molecular flexibility index (Phi) is 7.88. The van der Waals surface area contributed by atoms with Gasteiger partial charge >= 0.3 is 5.63 Å². The maximum atomic E-state index is 12.3. The lowest BCUT2D eigenvalue weighted by atomic mass is 10.1. The molecule has 1 aliphatic heterocycles. The fourth-order valence-electron chi connectivity index (χ4n) is 3.11. The highest BCUT2D eigenvalue weighted by atomic mass is 33.1. The Balaban J connectivity index is 1.39. The average molecular weight is 437 g/mol. The average Bonchev–Trinajstić information content (AvgIpc) is 3.22. The summed E-state index contributed by atoms with van der Waals surface area (Å²) in [5, 5.41) is 16.5. The molecule has 1 aromatic heterocycles. The molecule has 0 radical (unpaired) electrons. The molecule has 0 aliphatic carbocycles. The fraction of sp³-hybridized carbons (Fsp3) is 0.450. The van der Waals surface area contributed by atoms with E-state index in [-0.39, 0.29) is 24.6 Å². The van der Waals surface area contributed by atoms with Crippen LogP contribution in [0.3, 0.4) is 0 Å². The molecule has 1 atom stereocenters. The first-order chi connectivity index (χ1) is 14.1. The number of fused-ring (bicyclic) bond motifs is 1. The van der Waals surface area contributed by atoms with Crippen molar-refractivity contribution in [2.75, 3.05) is 18.8 Å². The third-order valence-electron chi connectivity index (χ3n) is 4.65. The molecule has 1 aromatic carbocycles. The van der Waals surface area contributed by atoms with Gasteiger partial charge in [-0.1, -0.05) is 40.1 Å². The van der Waals surface area contributed by atoms with Crippen molar-refractivity contribution in [2.45, 2.75) is 37.4 Å². The van der Waals surface area contributed by atoms with E-state index in [0.29, 0.717) is 11.8 Å². The summed E-state index contributed by atoms with van der Waals surface area (Å²) in [6.07, 6.45) is 4.77. The van der Waals surface area contributed by atoms with Crippen LogP contribution in [-0.4, -0.2) is 41.0 Å². The summed E-state index contributed by atoms with van der Waals surface area (Å²) in [7, 11) is 3.88. The highest BCUT2D eigenvalue weighted by molar-refractivity contribution is 8.77. The molecule has 2 amide bonds. The summed E-state index contributed by atoms with van der Waals surface area (Å²) < 4.78 is 5.08. The van der Waals surface area contributed by atoms with E-state index in [1.165, 1.54) is 12.2 Å². The lowest BCUT2D eigenvalue weighted by Gasteiger charge is -2.09. The van der Waals surface area contributed by atoms with Gasteiger partial charge in [-0.15, -0.1) is 0 Å². The predicted octanol–water partition coefficient (Wildman–Crippen LogP) is 3.06. The molecular formula is C20H24N2O5S2. The van der Waals surface area contributed by atoms with Crippen LogP contribution in [0.25, 0.3) is 11.0 Å². The summed E-state index contributed by atoms with van der Waals surface area (Å²) in [5.41, 5.74) is -1.12. The van der Waals surface area contributed by atoms with Crippen LogP contribution in [0.5, 0.6) is 5.75 Å². The molecule has 2 heterocycles. The highest BCUT2D eigenvalue weighted by Crippen LogP contribution is 2.39. The first kappa shape index (κ1) is 21.6. The number of para-hydroxylation sites is 1. The molecule has 156 valence electrons. The van der Waals surface area contributed by atoms with E-state index in [9.17, 15) is 19.5 Å². The zero-order valence-electron chi connectivity index (χ0n) is 15.9. The number of amides is 2. The lowest BCUT2D eigenvalue weighted by Crippen LogP contribution is -2.36. The minimum Gasteiger partial charge on any atom is -0.506 e. The van der Waals surface area contributed by atoms with Gasteiger partial charge in [-0.2, -0.15) is 0 Å². The molecule has 29 heavy (non-hydrogen) atoms. The highest BCUT2D eigenvalue weighted by Gasteiger charge is 2.20. The largest absolute Gasteiger partial charge is 0.506 e. The second-order valence-electron chi connectivity index (χ2n) is 6.79. The summed E-state index contributed by atoms with van der Waals surface area (Å²) in [5.74, 6) is 0.0293. The van der Waals surface area contributed by atoms with Gasteiger partial charge in [0.05, 0.1) is 5.39 Å². The minimum atomic E-state index is -0.901. The summed E-state index contributed by atoms with van der Waals surface area (Å²) in [6, 6.07) is 6.44. The molecule has 0 bridgehead atoms. The van der Waals surface area contributed by atoms with Crippen molar-refractivity contribution in [2.24, 2.45) is 0 Å². The van der Waals surface area contributed by atoms with E-state index in [0.717, 1.165) is 24.5 Å². The third-order valence-corrected chi connectivity index (χ3v) is 7.66. The Morgan fingerprint density at radius 3 is 2.76 bits per heavy atom. The molecule has 0 spiro atoms. The quantitative estimate of drug-likeness (QED) is 0.315. The van der Waals surface area contributed by atoms with Crippen molar-refractivity contribution < 1.29 is 19.1 Å². The molecule has 1 unspecified atom stereocenters. The zero-order chi connectivity index (χ0) is 20.6. The summed E-state index contributed by atoms with van der Waals surface area (Å²) >= 11 is 0. The Bertz CT molecular complexity index is 925. The molecule has 7 nitrogen and oxygen atoms in total. The first-order valence-corrected chi connectivity index (χ1v) is 12.0. The number of rotatable bonds is 9. The normalized spacial score (nSPS) is 16.1. The molecule has 1 aliphatic rings. The van der Waals surface area contributed by atoms with Crippen molar-refractivity contribution in [3.63, 3.8) is 0 Å². The molecule has 1 fully saturated rings. The van der Waals surface area contributed by atoms with Gasteiger partial charge < -0.3 is 20.2 Å². The maximum Gasteiger partial charge on any atom is 0.353 e. The molecule has 0 saturated carbocycles. The number of aromatic hydroxyl groups is 1. The van der Waals surface area contributed by atoms with E-state index in [1.807, 2.05) is 21.6 Å². The van der Waals surface area contributed by atoms with Crippen molar-refractivity contribution in [1.82, 2.24) is 10.6 Å². The number of hydrogen-bond donors (Lipinski definition) is 3. The Morgan fingerprint density at radius 2 is 1.97 bits per heavy atom. The number of carbonyl (C=O) groups excluding carboxylic acids is 2. The molecule has 3 N–H and O–H groups in total. The van der Waals surface area contributed by atoms with Crippen LogP contribution in [-0.2, 0) is 4.79 Å². The van der Waals surface area contributed by atoms with Gasteiger partial charge in [0.1, 0.15) is 11.3 Å². The van der Waals surface area contributed by atoms with Crippen LogP contribution in [0.2, 0.25) is 0 Å². The smallest absolute Gasteiger partial charge is 0.353 e. The Labute approximate surface area is 176 Å². The van der Waals surface area contributed by atoms with Crippen LogP contribution in [0.1, 0.15) is 42.5 Å². The molecule has 9 heteroatoms. The van der Waals surface area contributed by atoms with Crippen molar-refractivity contribution in [3.8, 4) is 5.75 Å². The zero-order valence-corrected chi connectivity index (χ0v) is 17.6. The van der Waals surface area contributed by atoms with Crippen molar-refractivity contribution in [3.05, 3.63) is 40.2 Å². The Morgan fingerprint density at radius 1 is 1.17 bits per heavy atom. The van der Waals surface area contributed by atoms with Gasteiger partial charge in [-0.3, -0.25) is 9.59 Å². The predicted molar refractivity (Wildman–Crippen MR) is 116 cm³/mol. The lowest BCUT2D eigenvalue weighted by molar-refractivity contribution is -0.121. The van der Waals surface area contributed by atoms with Gasteiger partial charge in [0.2, 0.25) is 5.91 Å². The van der Waals surface area contributed by atoms with Crippen molar-refractivity contribution >= 4 is 44.4 Å². The van der Waals surface area contributed by atoms with E-state index in [1.54, 1.807) is 24.3 Å². The van der Waals surface area contributed by atoms with Crippen LogP contribution in [0, 0.1) is 0 Å². The number of benzene rings is 1. The van der Waals surface area contributed by atoms with Gasteiger partial charge in [0.25, 0.3) is 5.91 Å². The number of nitrogens with one attached hydrogen (secondary N) is 2. The number of hydrogen-bond acceptors (Lipinski definition) is 7. The SMILES string of the molecule is O=C(CCCCC1CCSS1)NCCNC(=O)c1c(O)c2ccccc2oc1=O. The molecule has 1 saturated heterocycles. The number of unbranched alkanes of at least 4 members (excludes halogenated alkanes) is 1. The third kappa shape index (κ3) is 5.93. The topological polar surface area (TPSA) is 109 Å². The molecular weight excluding hydrogens is 412 g/mol. The monoisotopic (exact) mass is 436 g/mol. The van der Waals surface area contributed by atoms with Gasteiger partial charge in [-0.05, 0) is 31.4 Å². The maximum absolute atomic E-state index is 12.3. The Hall–Kier alpha value is -2.13. The van der Waals surface area contributed by atoms with Crippen LogP contribution < -0.4 is 16.3 Å². The van der Waals surface area contributed by atoms with Gasteiger partial charge in [0, 0.05) is 30.5 Å². The number of carbonyl (C=O) groups is 2. The summed E-state index contributed by atoms with van der Waals surface area (Å²) in [4.78, 5) is 36.2.